The molecule has 98 valence electrons. The van der Waals surface area contributed by atoms with Gasteiger partial charge >= 0.3 is 0 Å². The summed E-state index contributed by atoms with van der Waals surface area (Å²) in [7, 11) is 1.95. The molecule has 5 heteroatoms. The van der Waals surface area contributed by atoms with Crippen LogP contribution < -0.4 is 5.32 Å². The molecule has 0 spiro atoms. The molecule has 0 bridgehead atoms. The standard InChI is InChI=1S/C13H21N5/c1-5-10(2)18-12(6-7-15-18)8-14-13-9-16-17(4)11(13)3/h6-7,9-10,14H,5,8H2,1-4H3. The molecule has 2 heterocycles. The number of nitrogens with one attached hydrogen (secondary N) is 1. The van der Waals surface area contributed by atoms with Gasteiger partial charge in [0.15, 0.2) is 0 Å². The Kier molecular flexibility index (Phi) is 3.69. The van der Waals surface area contributed by atoms with Crippen LogP contribution in [0, 0.1) is 6.92 Å². The highest BCUT2D eigenvalue weighted by Crippen LogP contribution is 2.16. The molecular formula is C13H21N5. The molecule has 0 aliphatic carbocycles. The number of anilines is 1. The van der Waals surface area contributed by atoms with Crippen LogP contribution in [0.5, 0.6) is 0 Å². The number of hydrogen-bond donors (Lipinski definition) is 1. The minimum absolute atomic E-state index is 0.437. The third-order valence-electron chi connectivity index (χ3n) is 3.46. The fraction of sp³-hybridized carbons (Fsp3) is 0.538. The maximum Gasteiger partial charge on any atom is 0.0759 e. The normalized spacial score (nSPS) is 12.7. The Balaban J connectivity index is 2.07. The molecular weight excluding hydrogens is 226 g/mol. The van der Waals surface area contributed by atoms with Gasteiger partial charge in [0.25, 0.3) is 0 Å². The van der Waals surface area contributed by atoms with Crippen molar-refractivity contribution in [2.24, 2.45) is 7.05 Å². The Bertz CT molecular complexity index is 511. The molecule has 2 rings (SSSR count). The van der Waals surface area contributed by atoms with E-state index in [0.29, 0.717) is 6.04 Å². The van der Waals surface area contributed by atoms with Crippen LogP contribution in [-0.4, -0.2) is 19.6 Å². The van der Waals surface area contributed by atoms with Crippen molar-refractivity contribution in [2.45, 2.75) is 39.8 Å². The summed E-state index contributed by atoms with van der Waals surface area (Å²) in [6, 6.07) is 2.50. The molecule has 1 N–H and O–H groups in total. The van der Waals surface area contributed by atoms with Crippen molar-refractivity contribution in [1.29, 1.82) is 0 Å². The Labute approximate surface area is 108 Å². The zero-order valence-electron chi connectivity index (χ0n) is 11.5. The van der Waals surface area contributed by atoms with E-state index < -0.39 is 0 Å². The molecule has 0 saturated carbocycles. The SMILES string of the molecule is CCC(C)n1nccc1CNc1cnn(C)c1C. The lowest BCUT2D eigenvalue weighted by molar-refractivity contribution is 0.462. The first-order valence-electron chi connectivity index (χ1n) is 6.38. The number of rotatable bonds is 5. The lowest BCUT2D eigenvalue weighted by atomic mass is 10.2. The zero-order valence-corrected chi connectivity index (χ0v) is 11.5. The summed E-state index contributed by atoms with van der Waals surface area (Å²) < 4.78 is 3.95. The van der Waals surface area contributed by atoms with Crippen LogP contribution in [0.15, 0.2) is 18.5 Å². The van der Waals surface area contributed by atoms with Crippen molar-refractivity contribution in [3.63, 3.8) is 0 Å². The van der Waals surface area contributed by atoms with E-state index in [1.807, 2.05) is 24.1 Å². The lowest BCUT2D eigenvalue weighted by Crippen LogP contribution is -2.12. The van der Waals surface area contributed by atoms with Gasteiger partial charge in [-0.05, 0) is 26.3 Å². The minimum atomic E-state index is 0.437. The molecule has 1 unspecified atom stereocenters. The highest BCUT2D eigenvalue weighted by Gasteiger charge is 2.09. The molecule has 0 saturated heterocycles. The third kappa shape index (κ3) is 2.39. The second-order valence-corrected chi connectivity index (χ2v) is 4.65. The fourth-order valence-corrected chi connectivity index (χ4v) is 1.91. The number of aryl methyl sites for hydroxylation is 1. The molecule has 0 aliphatic rings. The topological polar surface area (TPSA) is 47.7 Å². The van der Waals surface area contributed by atoms with Gasteiger partial charge in [0.2, 0.25) is 0 Å². The summed E-state index contributed by atoms with van der Waals surface area (Å²) in [5.41, 5.74) is 3.42. The van der Waals surface area contributed by atoms with Gasteiger partial charge in [0, 0.05) is 19.3 Å². The molecule has 0 fully saturated rings. The fourth-order valence-electron chi connectivity index (χ4n) is 1.91. The van der Waals surface area contributed by atoms with Gasteiger partial charge in [-0.2, -0.15) is 10.2 Å². The zero-order chi connectivity index (χ0) is 13.1. The van der Waals surface area contributed by atoms with Crippen molar-refractivity contribution in [1.82, 2.24) is 19.6 Å². The Hall–Kier alpha value is -1.78. The van der Waals surface area contributed by atoms with E-state index in [-0.39, 0.29) is 0 Å². The van der Waals surface area contributed by atoms with Crippen LogP contribution in [0.1, 0.15) is 37.7 Å². The van der Waals surface area contributed by atoms with Gasteiger partial charge in [-0.3, -0.25) is 9.36 Å². The van der Waals surface area contributed by atoms with Gasteiger partial charge in [0.05, 0.1) is 29.8 Å². The van der Waals surface area contributed by atoms with E-state index in [1.165, 1.54) is 5.69 Å². The van der Waals surface area contributed by atoms with Crippen molar-refractivity contribution < 1.29 is 0 Å². The second kappa shape index (κ2) is 5.25. The summed E-state index contributed by atoms with van der Waals surface area (Å²) in [6.07, 6.45) is 4.80. The molecule has 0 aliphatic heterocycles. The first-order chi connectivity index (χ1) is 8.63. The van der Waals surface area contributed by atoms with E-state index in [4.69, 9.17) is 0 Å². The monoisotopic (exact) mass is 247 g/mol. The quantitative estimate of drug-likeness (QED) is 0.883. The maximum absolute atomic E-state index is 4.38. The van der Waals surface area contributed by atoms with Crippen LogP contribution in [0.4, 0.5) is 5.69 Å². The van der Waals surface area contributed by atoms with Crippen molar-refractivity contribution >= 4 is 5.69 Å². The van der Waals surface area contributed by atoms with E-state index >= 15 is 0 Å². The van der Waals surface area contributed by atoms with Gasteiger partial charge in [0.1, 0.15) is 0 Å². The summed E-state index contributed by atoms with van der Waals surface area (Å²) >= 11 is 0. The van der Waals surface area contributed by atoms with Gasteiger partial charge < -0.3 is 5.32 Å². The maximum atomic E-state index is 4.38. The molecule has 0 amide bonds. The van der Waals surface area contributed by atoms with Crippen LogP contribution in [0.2, 0.25) is 0 Å². The molecule has 0 aromatic carbocycles. The molecule has 2 aromatic heterocycles. The molecule has 18 heavy (non-hydrogen) atoms. The minimum Gasteiger partial charge on any atom is -0.377 e. The molecule has 2 aromatic rings. The highest BCUT2D eigenvalue weighted by molar-refractivity contribution is 5.45. The van der Waals surface area contributed by atoms with Gasteiger partial charge in [-0.1, -0.05) is 6.92 Å². The van der Waals surface area contributed by atoms with Crippen LogP contribution in [0.25, 0.3) is 0 Å². The second-order valence-electron chi connectivity index (χ2n) is 4.65. The first-order valence-corrected chi connectivity index (χ1v) is 6.38. The van der Waals surface area contributed by atoms with Crippen LogP contribution in [0.3, 0.4) is 0 Å². The Morgan fingerprint density at radius 2 is 2.17 bits per heavy atom. The van der Waals surface area contributed by atoms with Crippen molar-refractivity contribution in [2.75, 3.05) is 5.32 Å². The highest BCUT2D eigenvalue weighted by atomic mass is 15.3. The number of aromatic nitrogens is 4. The summed E-state index contributed by atoms with van der Waals surface area (Å²) in [5, 5.41) is 12.0. The molecule has 5 nitrogen and oxygen atoms in total. The van der Waals surface area contributed by atoms with E-state index in [0.717, 1.165) is 24.3 Å². The molecule has 1 atom stereocenters. The van der Waals surface area contributed by atoms with Crippen molar-refractivity contribution in [3.05, 3.63) is 29.8 Å². The van der Waals surface area contributed by atoms with Crippen LogP contribution >= 0.6 is 0 Å². The summed E-state index contributed by atoms with van der Waals surface area (Å²) in [5.74, 6) is 0. The lowest BCUT2D eigenvalue weighted by Gasteiger charge is -2.14. The predicted octanol–water partition coefficient (Wildman–Crippen LogP) is 2.51. The number of hydrogen-bond acceptors (Lipinski definition) is 3. The largest absolute Gasteiger partial charge is 0.377 e. The van der Waals surface area contributed by atoms with E-state index in [2.05, 4.69) is 47.0 Å². The average Bonchev–Trinajstić information content (AvgIpc) is 2.95. The smallest absolute Gasteiger partial charge is 0.0759 e. The van der Waals surface area contributed by atoms with E-state index in [9.17, 15) is 0 Å². The van der Waals surface area contributed by atoms with Gasteiger partial charge in [-0.25, -0.2) is 0 Å². The van der Waals surface area contributed by atoms with Gasteiger partial charge in [-0.15, -0.1) is 0 Å². The summed E-state index contributed by atoms with van der Waals surface area (Å²) in [4.78, 5) is 0. The molecule has 0 radical (unpaired) electrons. The predicted molar refractivity (Wildman–Crippen MR) is 72.5 cm³/mol. The Morgan fingerprint density at radius 3 is 2.78 bits per heavy atom. The van der Waals surface area contributed by atoms with Crippen molar-refractivity contribution in [3.8, 4) is 0 Å². The average molecular weight is 247 g/mol. The summed E-state index contributed by atoms with van der Waals surface area (Å²) in [6.45, 7) is 7.19. The Morgan fingerprint density at radius 1 is 1.39 bits per heavy atom. The first kappa shape index (κ1) is 12.7. The third-order valence-corrected chi connectivity index (χ3v) is 3.46. The number of nitrogens with zero attached hydrogens (tertiary/aromatic N) is 4. The van der Waals surface area contributed by atoms with Crippen LogP contribution in [-0.2, 0) is 13.6 Å². The van der Waals surface area contributed by atoms with E-state index in [1.54, 1.807) is 0 Å².